The van der Waals surface area contributed by atoms with E-state index in [1.807, 2.05) is 0 Å². The van der Waals surface area contributed by atoms with Crippen molar-refractivity contribution >= 4 is 61.6 Å². The summed E-state index contributed by atoms with van der Waals surface area (Å²) in [5, 5.41) is 21.7. The van der Waals surface area contributed by atoms with Crippen LogP contribution >= 0.6 is 23.2 Å². The van der Waals surface area contributed by atoms with Gasteiger partial charge in [0.25, 0.3) is 10.0 Å². The highest BCUT2D eigenvalue weighted by molar-refractivity contribution is 7.92. The number of rotatable bonds is 9. The summed E-state index contributed by atoms with van der Waals surface area (Å²) >= 11 is 12.0. The van der Waals surface area contributed by atoms with Crippen LogP contribution in [0.15, 0.2) is 65.7 Å². The number of hydrogen-bond acceptors (Lipinski definition) is 7. The molecule has 0 bridgehead atoms. The lowest BCUT2D eigenvalue weighted by Crippen LogP contribution is -2.35. The molecule has 4 aromatic rings. The molecule has 2 aromatic heterocycles. The summed E-state index contributed by atoms with van der Waals surface area (Å²) in [6.45, 7) is 0.245. The molecule has 13 heteroatoms. The Hall–Kier alpha value is -3.38. The van der Waals surface area contributed by atoms with Crippen molar-refractivity contribution in [2.24, 2.45) is 5.73 Å². The standard InChI is InChI=1S/C22H20Cl2N6O4S/c23-15-10-16(24)12-18(11-15)35(33,34)30(13-22(31)32)17-1-2-19-14(9-17)5-8-29(19)21-4-3-20(27-28-21)26-7-6-25/h1-5,8-12H,6-7,13,25H2,(H,26,27)(H,31,32). The van der Waals surface area contributed by atoms with Gasteiger partial charge in [-0.25, -0.2) is 8.42 Å². The Bertz CT molecular complexity index is 1470. The maximum absolute atomic E-state index is 13.4. The third kappa shape index (κ3) is 5.33. The number of aromatic nitrogens is 3. The summed E-state index contributed by atoms with van der Waals surface area (Å²) in [6, 6.07) is 13.9. The molecule has 182 valence electrons. The number of carboxylic acids is 1. The van der Waals surface area contributed by atoms with Crippen LogP contribution in [0.5, 0.6) is 0 Å². The molecule has 0 aliphatic carbocycles. The molecule has 35 heavy (non-hydrogen) atoms. The summed E-state index contributed by atoms with van der Waals surface area (Å²) < 4.78 is 29.3. The van der Waals surface area contributed by atoms with Gasteiger partial charge in [0.05, 0.1) is 16.1 Å². The fourth-order valence-corrected chi connectivity index (χ4v) is 5.61. The quantitative estimate of drug-likeness (QED) is 0.296. The molecule has 0 fully saturated rings. The Kier molecular flexibility index (Phi) is 7.13. The third-order valence-electron chi connectivity index (χ3n) is 5.01. The minimum atomic E-state index is -4.28. The number of fused-ring (bicyclic) bond motifs is 1. The Balaban J connectivity index is 1.72. The van der Waals surface area contributed by atoms with E-state index in [9.17, 15) is 18.3 Å². The molecule has 0 saturated heterocycles. The van der Waals surface area contributed by atoms with Crippen LogP contribution in [0.25, 0.3) is 16.7 Å². The van der Waals surface area contributed by atoms with Crippen LogP contribution in [0.1, 0.15) is 0 Å². The van der Waals surface area contributed by atoms with Gasteiger partial charge in [0, 0.05) is 34.7 Å². The number of aliphatic carboxylic acids is 1. The number of carbonyl (C=O) groups is 1. The monoisotopic (exact) mass is 534 g/mol. The summed E-state index contributed by atoms with van der Waals surface area (Å²) in [6.07, 6.45) is 1.76. The average molecular weight is 535 g/mol. The maximum Gasteiger partial charge on any atom is 0.324 e. The molecular formula is C22H20Cl2N6O4S. The molecule has 10 nitrogen and oxygen atoms in total. The highest BCUT2D eigenvalue weighted by atomic mass is 35.5. The highest BCUT2D eigenvalue weighted by Crippen LogP contribution is 2.31. The van der Waals surface area contributed by atoms with Gasteiger partial charge in [-0.3, -0.25) is 13.7 Å². The molecule has 0 aliphatic heterocycles. The minimum Gasteiger partial charge on any atom is -0.480 e. The van der Waals surface area contributed by atoms with Crippen molar-refractivity contribution in [3.05, 3.63) is 70.8 Å². The van der Waals surface area contributed by atoms with E-state index >= 15 is 0 Å². The molecule has 0 radical (unpaired) electrons. The van der Waals surface area contributed by atoms with E-state index in [0.717, 1.165) is 9.82 Å². The maximum atomic E-state index is 13.4. The largest absolute Gasteiger partial charge is 0.480 e. The molecular weight excluding hydrogens is 515 g/mol. The number of carboxylic acid groups (broad SMARTS) is 1. The van der Waals surface area contributed by atoms with Crippen LogP contribution in [0.4, 0.5) is 11.5 Å². The number of anilines is 2. The second-order valence-electron chi connectivity index (χ2n) is 7.43. The number of nitrogens with one attached hydrogen (secondary N) is 1. The summed E-state index contributed by atoms with van der Waals surface area (Å²) in [5.41, 5.74) is 6.37. The number of nitrogens with two attached hydrogens (primary N) is 1. The van der Waals surface area contributed by atoms with Crippen LogP contribution in [0.2, 0.25) is 10.0 Å². The van der Waals surface area contributed by atoms with Gasteiger partial charge < -0.3 is 16.2 Å². The van der Waals surface area contributed by atoms with E-state index in [1.165, 1.54) is 24.3 Å². The van der Waals surface area contributed by atoms with Crippen molar-refractivity contribution < 1.29 is 18.3 Å². The molecule has 0 spiro atoms. The molecule has 2 heterocycles. The third-order valence-corrected chi connectivity index (χ3v) is 7.20. The minimum absolute atomic E-state index is 0.115. The number of halogens is 2. The molecule has 0 amide bonds. The molecule has 0 atom stereocenters. The molecule has 2 aromatic carbocycles. The van der Waals surface area contributed by atoms with Gasteiger partial charge in [-0.15, -0.1) is 10.2 Å². The van der Waals surface area contributed by atoms with Crippen molar-refractivity contribution in [3.63, 3.8) is 0 Å². The Labute approximate surface area is 210 Å². The van der Waals surface area contributed by atoms with Gasteiger partial charge in [-0.2, -0.15) is 0 Å². The zero-order chi connectivity index (χ0) is 25.2. The smallest absolute Gasteiger partial charge is 0.324 e. The second kappa shape index (κ2) is 10.1. The number of hydrogen-bond donors (Lipinski definition) is 3. The normalized spacial score (nSPS) is 11.5. The Morgan fingerprint density at radius 2 is 1.80 bits per heavy atom. The predicted octanol–water partition coefficient (Wildman–Crippen LogP) is 3.38. The van der Waals surface area contributed by atoms with Crippen molar-refractivity contribution in [2.45, 2.75) is 4.90 Å². The summed E-state index contributed by atoms with van der Waals surface area (Å²) in [7, 11) is -4.28. The fraction of sp³-hybridized carbons (Fsp3) is 0.136. The molecule has 0 unspecified atom stereocenters. The summed E-state index contributed by atoms with van der Waals surface area (Å²) in [4.78, 5) is 11.3. The lowest BCUT2D eigenvalue weighted by Gasteiger charge is -2.23. The van der Waals surface area contributed by atoms with Crippen LogP contribution in [0, 0.1) is 0 Å². The number of sulfonamides is 1. The van der Waals surface area contributed by atoms with E-state index in [1.54, 1.807) is 41.1 Å². The van der Waals surface area contributed by atoms with E-state index in [-0.39, 0.29) is 20.6 Å². The van der Waals surface area contributed by atoms with Gasteiger partial charge >= 0.3 is 5.97 Å². The van der Waals surface area contributed by atoms with Gasteiger partial charge in [0.1, 0.15) is 12.4 Å². The van der Waals surface area contributed by atoms with E-state index in [0.29, 0.717) is 30.1 Å². The van der Waals surface area contributed by atoms with E-state index in [2.05, 4.69) is 15.5 Å². The zero-order valence-electron chi connectivity index (χ0n) is 18.1. The fourth-order valence-electron chi connectivity index (χ4n) is 3.48. The number of nitrogens with zero attached hydrogens (tertiary/aromatic N) is 4. The van der Waals surface area contributed by atoms with Crippen LogP contribution < -0.4 is 15.4 Å². The van der Waals surface area contributed by atoms with Crippen LogP contribution in [-0.2, 0) is 14.8 Å². The number of benzene rings is 2. The highest BCUT2D eigenvalue weighted by Gasteiger charge is 2.28. The van der Waals surface area contributed by atoms with Crippen molar-refractivity contribution in [1.82, 2.24) is 14.8 Å². The molecule has 4 N–H and O–H groups in total. The SMILES string of the molecule is NCCNc1ccc(-n2ccc3cc(N(CC(=O)O)S(=O)(=O)c4cc(Cl)cc(Cl)c4)ccc32)nn1. The average Bonchev–Trinajstić information content (AvgIpc) is 3.24. The molecule has 0 saturated carbocycles. The van der Waals surface area contributed by atoms with Crippen molar-refractivity contribution in [1.29, 1.82) is 0 Å². The lowest BCUT2D eigenvalue weighted by atomic mass is 10.2. The summed E-state index contributed by atoms with van der Waals surface area (Å²) in [5.74, 6) is -0.179. The predicted molar refractivity (Wildman–Crippen MR) is 135 cm³/mol. The lowest BCUT2D eigenvalue weighted by molar-refractivity contribution is -0.135. The Morgan fingerprint density at radius 1 is 1.06 bits per heavy atom. The molecule has 0 aliphatic rings. The van der Waals surface area contributed by atoms with E-state index < -0.39 is 22.5 Å². The van der Waals surface area contributed by atoms with Gasteiger partial charge in [-0.1, -0.05) is 23.2 Å². The molecule has 4 rings (SSSR count). The van der Waals surface area contributed by atoms with E-state index in [4.69, 9.17) is 28.9 Å². The zero-order valence-corrected chi connectivity index (χ0v) is 20.4. The van der Waals surface area contributed by atoms with Gasteiger partial charge in [-0.05, 0) is 54.6 Å². The van der Waals surface area contributed by atoms with Gasteiger partial charge in [0.15, 0.2) is 5.82 Å². The first-order valence-corrected chi connectivity index (χ1v) is 12.5. The Morgan fingerprint density at radius 3 is 2.43 bits per heavy atom. The second-order valence-corrected chi connectivity index (χ2v) is 10.2. The van der Waals surface area contributed by atoms with Crippen LogP contribution in [-0.4, -0.2) is 53.9 Å². The first kappa shape index (κ1) is 24.7. The van der Waals surface area contributed by atoms with Crippen molar-refractivity contribution in [3.8, 4) is 5.82 Å². The topological polar surface area (TPSA) is 143 Å². The first-order chi connectivity index (χ1) is 16.7. The first-order valence-electron chi connectivity index (χ1n) is 10.3. The van der Waals surface area contributed by atoms with Crippen LogP contribution in [0.3, 0.4) is 0 Å². The van der Waals surface area contributed by atoms with Gasteiger partial charge in [0.2, 0.25) is 0 Å². The van der Waals surface area contributed by atoms with Crippen molar-refractivity contribution in [2.75, 3.05) is 29.3 Å².